The van der Waals surface area contributed by atoms with E-state index in [9.17, 15) is 18.4 Å². The number of anilines is 2. The molecule has 1 saturated heterocycles. The number of aliphatic hydroxyl groups excluding tert-OH is 1. The Hall–Kier alpha value is -3.11. The molecule has 29 heavy (non-hydrogen) atoms. The molecule has 1 atom stereocenters. The number of benzene rings is 1. The molecule has 1 aromatic carbocycles. The zero-order chi connectivity index (χ0) is 21.0. The molecule has 0 saturated carbocycles. The van der Waals surface area contributed by atoms with E-state index >= 15 is 0 Å². The Morgan fingerprint density at radius 3 is 2.72 bits per heavy atom. The molecule has 0 spiro atoms. The Balaban J connectivity index is 1.86. The predicted octanol–water partition coefficient (Wildman–Crippen LogP) is 1.95. The zero-order valence-electron chi connectivity index (χ0n) is 15.5. The molecule has 8 nitrogen and oxygen atoms in total. The number of rotatable bonds is 8. The average Bonchev–Trinajstić information content (AvgIpc) is 3.11. The molecule has 3 rings (SSSR count). The first-order valence-electron chi connectivity index (χ1n) is 8.74. The SMILES string of the molecule is COCCN(C=O)c1ccc(-c2ccc(N3CC(CO)OC3=O)c(F)c2F)cn1. The first kappa shape index (κ1) is 20.6. The topological polar surface area (TPSA) is 92.2 Å². The van der Waals surface area contributed by atoms with Gasteiger partial charge in [0.15, 0.2) is 11.6 Å². The minimum Gasteiger partial charge on any atom is -0.441 e. The van der Waals surface area contributed by atoms with Crippen molar-refractivity contribution in [3.8, 4) is 11.1 Å². The fourth-order valence-electron chi connectivity index (χ4n) is 2.91. The van der Waals surface area contributed by atoms with Gasteiger partial charge in [-0.25, -0.2) is 18.6 Å². The normalized spacial score (nSPS) is 16.1. The third-order valence-electron chi connectivity index (χ3n) is 4.45. The molecule has 2 amide bonds. The van der Waals surface area contributed by atoms with Crippen molar-refractivity contribution in [1.29, 1.82) is 0 Å². The highest BCUT2D eigenvalue weighted by Gasteiger charge is 2.34. The van der Waals surface area contributed by atoms with Gasteiger partial charge in [0, 0.05) is 24.4 Å². The maximum Gasteiger partial charge on any atom is 0.414 e. The number of methoxy groups -OCH3 is 1. The Bertz CT molecular complexity index is 894. The molecule has 2 aromatic rings. The minimum absolute atomic E-state index is 0.0499. The van der Waals surface area contributed by atoms with Crippen LogP contribution in [0.3, 0.4) is 0 Å². The molecule has 0 bridgehead atoms. The van der Waals surface area contributed by atoms with E-state index in [2.05, 4.69) is 4.98 Å². The lowest BCUT2D eigenvalue weighted by Crippen LogP contribution is -2.26. The second-order valence-electron chi connectivity index (χ2n) is 6.26. The van der Waals surface area contributed by atoms with E-state index in [4.69, 9.17) is 14.6 Å². The van der Waals surface area contributed by atoms with Crippen LogP contribution in [0.4, 0.5) is 25.1 Å². The molecule has 1 aliphatic heterocycles. The van der Waals surface area contributed by atoms with Crippen LogP contribution in [0.5, 0.6) is 0 Å². The van der Waals surface area contributed by atoms with Gasteiger partial charge in [0.25, 0.3) is 0 Å². The third-order valence-corrected chi connectivity index (χ3v) is 4.45. The van der Waals surface area contributed by atoms with Crippen LogP contribution in [0, 0.1) is 11.6 Å². The van der Waals surface area contributed by atoms with E-state index in [0.717, 1.165) is 4.90 Å². The summed E-state index contributed by atoms with van der Waals surface area (Å²) in [5.74, 6) is -2.02. The second kappa shape index (κ2) is 8.93. The molecule has 10 heteroatoms. The van der Waals surface area contributed by atoms with Crippen molar-refractivity contribution < 1.29 is 33.0 Å². The molecular weight excluding hydrogens is 388 g/mol. The van der Waals surface area contributed by atoms with Crippen LogP contribution in [0.25, 0.3) is 11.1 Å². The minimum atomic E-state index is -1.21. The number of carbonyl (C=O) groups is 2. The molecule has 0 aliphatic carbocycles. The first-order chi connectivity index (χ1) is 14.0. The first-order valence-corrected chi connectivity index (χ1v) is 8.74. The van der Waals surface area contributed by atoms with E-state index < -0.39 is 30.4 Å². The van der Waals surface area contributed by atoms with Crippen LogP contribution in [0.15, 0.2) is 30.5 Å². The quantitative estimate of drug-likeness (QED) is 0.673. The summed E-state index contributed by atoms with van der Waals surface area (Å²) in [5, 5.41) is 9.08. The van der Waals surface area contributed by atoms with Gasteiger partial charge >= 0.3 is 6.09 Å². The lowest BCUT2D eigenvalue weighted by atomic mass is 10.1. The molecule has 2 heterocycles. The van der Waals surface area contributed by atoms with E-state index in [1.165, 1.54) is 42.5 Å². The molecule has 1 aliphatic rings. The number of aromatic nitrogens is 1. The smallest absolute Gasteiger partial charge is 0.414 e. The highest BCUT2D eigenvalue weighted by molar-refractivity contribution is 5.90. The predicted molar refractivity (Wildman–Crippen MR) is 99.6 cm³/mol. The Labute approximate surface area is 165 Å². The highest BCUT2D eigenvalue weighted by Crippen LogP contribution is 2.32. The Morgan fingerprint density at radius 2 is 2.14 bits per heavy atom. The van der Waals surface area contributed by atoms with Gasteiger partial charge in [0.2, 0.25) is 6.41 Å². The molecule has 1 N–H and O–H groups in total. The van der Waals surface area contributed by atoms with Crippen LogP contribution in [0.1, 0.15) is 0 Å². The fraction of sp³-hybridized carbons (Fsp3) is 0.316. The highest BCUT2D eigenvalue weighted by atomic mass is 19.2. The maximum atomic E-state index is 14.7. The molecule has 1 fully saturated rings. The van der Waals surface area contributed by atoms with Crippen LogP contribution >= 0.6 is 0 Å². The largest absolute Gasteiger partial charge is 0.441 e. The number of cyclic esters (lactones) is 1. The lowest BCUT2D eigenvalue weighted by molar-refractivity contribution is -0.107. The number of halogens is 2. The van der Waals surface area contributed by atoms with Crippen LogP contribution in [0.2, 0.25) is 0 Å². The van der Waals surface area contributed by atoms with Gasteiger partial charge in [0.1, 0.15) is 11.9 Å². The summed E-state index contributed by atoms with van der Waals surface area (Å²) in [6.07, 6.45) is 0.277. The van der Waals surface area contributed by atoms with Crippen LogP contribution < -0.4 is 9.80 Å². The number of hydrogen-bond donors (Lipinski definition) is 1. The summed E-state index contributed by atoms with van der Waals surface area (Å²) in [7, 11) is 1.51. The van der Waals surface area contributed by atoms with Crippen molar-refractivity contribution in [2.45, 2.75) is 6.10 Å². The summed E-state index contributed by atoms with van der Waals surface area (Å²) < 4.78 is 39.1. The molecule has 1 unspecified atom stereocenters. The summed E-state index contributed by atoms with van der Waals surface area (Å²) in [5.41, 5.74) is -0.0267. The number of aliphatic hydroxyl groups is 1. The fourth-order valence-corrected chi connectivity index (χ4v) is 2.91. The number of amides is 2. The molecular formula is C19H19F2N3O5. The van der Waals surface area contributed by atoms with Gasteiger partial charge in [-0.2, -0.15) is 0 Å². The van der Waals surface area contributed by atoms with Gasteiger partial charge in [-0.3, -0.25) is 14.6 Å². The van der Waals surface area contributed by atoms with E-state index in [1.807, 2.05) is 0 Å². The summed E-state index contributed by atoms with van der Waals surface area (Å²) in [6.45, 7) is 0.124. The summed E-state index contributed by atoms with van der Waals surface area (Å²) in [6, 6.07) is 5.61. The molecule has 0 radical (unpaired) electrons. The molecule has 154 valence electrons. The van der Waals surface area contributed by atoms with E-state index in [0.29, 0.717) is 30.9 Å². The second-order valence-corrected chi connectivity index (χ2v) is 6.26. The van der Waals surface area contributed by atoms with Crippen molar-refractivity contribution in [1.82, 2.24) is 4.98 Å². The average molecular weight is 407 g/mol. The number of hydrogen-bond acceptors (Lipinski definition) is 6. The number of pyridine rings is 1. The van der Waals surface area contributed by atoms with Gasteiger partial charge in [0.05, 0.1) is 32.0 Å². The zero-order valence-corrected chi connectivity index (χ0v) is 15.5. The van der Waals surface area contributed by atoms with Gasteiger partial charge in [-0.15, -0.1) is 0 Å². The van der Waals surface area contributed by atoms with Crippen LogP contribution in [-0.4, -0.2) is 62.1 Å². The number of carbonyl (C=O) groups excluding carboxylic acids is 2. The van der Waals surface area contributed by atoms with Crippen molar-refractivity contribution in [2.24, 2.45) is 0 Å². The van der Waals surface area contributed by atoms with Gasteiger partial charge in [-0.1, -0.05) is 0 Å². The van der Waals surface area contributed by atoms with Crippen molar-refractivity contribution in [3.05, 3.63) is 42.1 Å². The number of nitrogens with zero attached hydrogens (tertiary/aromatic N) is 3. The van der Waals surface area contributed by atoms with Gasteiger partial charge in [-0.05, 0) is 24.3 Å². The van der Waals surface area contributed by atoms with E-state index in [1.54, 1.807) is 0 Å². The van der Waals surface area contributed by atoms with Crippen molar-refractivity contribution >= 4 is 24.0 Å². The number of ether oxygens (including phenoxy) is 2. The van der Waals surface area contributed by atoms with E-state index in [-0.39, 0.29) is 17.8 Å². The maximum absolute atomic E-state index is 14.7. The van der Waals surface area contributed by atoms with Gasteiger partial charge < -0.3 is 14.6 Å². The van der Waals surface area contributed by atoms with Crippen molar-refractivity contribution in [3.63, 3.8) is 0 Å². The van der Waals surface area contributed by atoms with Crippen molar-refractivity contribution in [2.75, 3.05) is 43.2 Å². The Kier molecular flexibility index (Phi) is 6.35. The standard InChI is InChI=1S/C19H19F2N3O5/c1-28-7-6-23(11-26)16-5-2-12(8-22-16)14-3-4-15(18(21)17(14)20)24-9-13(10-25)29-19(24)27/h2-5,8,11,13,25H,6-7,9-10H2,1H3. The summed E-state index contributed by atoms with van der Waals surface area (Å²) in [4.78, 5) is 29.4. The molecule has 1 aromatic heterocycles. The Morgan fingerprint density at radius 1 is 1.34 bits per heavy atom. The lowest BCUT2D eigenvalue weighted by Gasteiger charge is -2.17. The van der Waals surface area contributed by atoms with Crippen LogP contribution in [-0.2, 0) is 14.3 Å². The monoisotopic (exact) mass is 407 g/mol. The third kappa shape index (κ3) is 4.17. The summed E-state index contributed by atoms with van der Waals surface area (Å²) >= 11 is 0.